The molecule has 2 N–H and O–H groups in total. The van der Waals surface area contributed by atoms with Crippen molar-refractivity contribution in [3.8, 4) is 0 Å². The summed E-state index contributed by atoms with van der Waals surface area (Å²) in [6.07, 6.45) is 0. The number of hydrogen-bond donors (Lipinski definition) is 2. The summed E-state index contributed by atoms with van der Waals surface area (Å²) in [4.78, 5) is 8.84. The van der Waals surface area contributed by atoms with Gasteiger partial charge in [-0.25, -0.2) is 9.97 Å². The van der Waals surface area contributed by atoms with Crippen molar-refractivity contribution >= 4 is 23.0 Å². The predicted octanol–water partition coefficient (Wildman–Crippen LogP) is 2.89. The molecule has 0 unspecified atom stereocenters. The van der Waals surface area contributed by atoms with Crippen molar-refractivity contribution in [1.82, 2.24) is 9.97 Å². The molecule has 0 bridgehead atoms. The van der Waals surface area contributed by atoms with Crippen LogP contribution in [0.4, 0.5) is 11.6 Å². The van der Waals surface area contributed by atoms with Crippen LogP contribution in [0, 0.1) is 6.92 Å². The first-order chi connectivity index (χ1) is 8.28. The molecule has 4 nitrogen and oxygen atoms in total. The minimum absolute atomic E-state index is 0.723. The molecule has 0 saturated heterocycles. The van der Waals surface area contributed by atoms with Gasteiger partial charge in [-0.1, -0.05) is 6.07 Å². The quantitative estimate of drug-likeness (QED) is 0.854. The molecule has 0 amide bonds. The van der Waals surface area contributed by atoms with Gasteiger partial charge in [0, 0.05) is 17.6 Å². The third kappa shape index (κ3) is 3.42. The maximum atomic E-state index is 4.44. The summed E-state index contributed by atoms with van der Waals surface area (Å²) >= 11 is 1.67. The molecule has 0 aliphatic heterocycles. The van der Waals surface area contributed by atoms with Crippen molar-refractivity contribution in [3.63, 3.8) is 0 Å². The fourth-order valence-corrected chi connectivity index (χ4v) is 2.17. The van der Waals surface area contributed by atoms with E-state index in [1.54, 1.807) is 11.3 Å². The molecule has 0 aliphatic carbocycles. The van der Waals surface area contributed by atoms with Crippen LogP contribution in [-0.4, -0.2) is 16.5 Å². The summed E-state index contributed by atoms with van der Waals surface area (Å²) in [5, 5.41) is 9.59. The van der Waals surface area contributed by atoms with E-state index in [0.717, 1.165) is 35.4 Å². The molecule has 0 aromatic carbocycles. The van der Waals surface area contributed by atoms with E-state index in [-0.39, 0.29) is 0 Å². The Morgan fingerprint density at radius 1 is 1.18 bits per heavy atom. The van der Waals surface area contributed by atoms with Crippen LogP contribution < -0.4 is 10.6 Å². The molecule has 90 valence electrons. The average molecular weight is 248 g/mol. The van der Waals surface area contributed by atoms with Crippen molar-refractivity contribution in [2.24, 2.45) is 0 Å². The Bertz CT molecular complexity index is 481. The first-order valence-corrected chi connectivity index (χ1v) is 6.51. The summed E-state index contributed by atoms with van der Waals surface area (Å²) in [6, 6.07) is 5.91. The van der Waals surface area contributed by atoms with Crippen LogP contribution >= 0.6 is 11.3 Å². The Balaban J connectivity index is 1.96. The number of aryl methyl sites for hydroxylation is 1. The van der Waals surface area contributed by atoms with Crippen LogP contribution in [0.1, 0.15) is 17.6 Å². The second-order valence-corrected chi connectivity index (χ2v) is 4.62. The molecule has 17 heavy (non-hydrogen) atoms. The zero-order valence-electron chi connectivity index (χ0n) is 10.0. The number of nitrogens with one attached hydrogen (secondary N) is 2. The van der Waals surface area contributed by atoms with Gasteiger partial charge >= 0.3 is 0 Å². The molecule has 0 aliphatic rings. The first kappa shape index (κ1) is 11.9. The lowest BCUT2D eigenvalue weighted by molar-refractivity contribution is 1.05. The van der Waals surface area contributed by atoms with Crippen LogP contribution in [-0.2, 0) is 6.54 Å². The molecule has 0 fully saturated rings. The van der Waals surface area contributed by atoms with Crippen LogP contribution in [0.5, 0.6) is 0 Å². The van der Waals surface area contributed by atoms with Crippen molar-refractivity contribution in [1.29, 1.82) is 0 Å². The third-order valence-corrected chi connectivity index (χ3v) is 3.16. The van der Waals surface area contributed by atoms with Gasteiger partial charge in [-0.2, -0.15) is 0 Å². The molecule has 2 aromatic heterocycles. The Labute approximate surface area is 105 Å². The predicted molar refractivity (Wildman–Crippen MR) is 72.6 cm³/mol. The fourth-order valence-electron chi connectivity index (χ4n) is 1.46. The smallest absolute Gasteiger partial charge is 0.128 e. The maximum Gasteiger partial charge on any atom is 0.128 e. The molecule has 2 aromatic rings. The molecule has 0 spiro atoms. The Hall–Kier alpha value is -1.62. The second kappa shape index (κ2) is 5.63. The molecule has 2 rings (SSSR count). The van der Waals surface area contributed by atoms with Gasteiger partial charge in [0.1, 0.15) is 16.6 Å². The first-order valence-electron chi connectivity index (χ1n) is 5.63. The van der Waals surface area contributed by atoms with Gasteiger partial charge in [0.25, 0.3) is 0 Å². The summed E-state index contributed by atoms with van der Waals surface area (Å²) in [6.45, 7) is 5.66. The largest absolute Gasteiger partial charge is 0.370 e. The normalized spacial score (nSPS) is 10.2. The van der Waals surface area contributed by atoms with Gasteiger partial charge < -0.3 is 10.6 Å². The molecule has 2 heterocycles. The number of pyridine rings is 1. The van der Waals surface area contributed by atoms with E-state index in [0.29, 0.717) is 0 Å². The molecular weight excluding hydrogens is 232 g/mol. The van der Waals surface area contributed by atoms with Gasteiger partial charge in [-0.3, -0.25) is 0 Å². The molecule has 0 saturated carbocycles. The lowest BCUT2D eigenvalue weighted by Crippen LogP contribution is -2.04. The van der Waals surface area contributed by atoms with E-state index >= 15 is 0 Å². The maximum absolute atomic E-state index is 4.44. The number of thiazole rings is 1. The van der Waals surface area contributed by atoms with E-state index in [2.05, 4.69) is 32.9 Å². The van der Waals surface area contributed by atoms with Gasteiger partial charge in [0.2, 0.25) is 0 Å². The van der Waals surface area contributed by atoms with Crippen molar-refractivity contribution < 1.29 is 0 Å². The topological polar surface area (TPSA) is 49.8 Å². The molecular formula is C12H16N4S. The van der Waals surface area contributed by atoms with E-state index in [1.807, 2.05) is 25.1 Å². The van der Waals surface area contributed by atoms with Crippen molar-refractivity contribution in [2.75, 3.05) is 17.2 Å². The number of nitrogens with zero attached hydrogens (tertiary/aromatic N) is 2. The Morgan fingerprint density at radius 2 is 1.94 bits per heavy atom. The van der Waals surface area contributed by atoms with Crippen LogP contribution in [0.3, 0.4) is 0 Å². The number of aromatic nitrogens is 2. The number of rotatable bonds is 5. The second-order valence-electron chi connectivity index (χ2n) is 3.67. The van der Waals surface area contributed by atoms with E-state index in [4.69, 9.17) is 0 Å². The Kier molecular flexibility index (Phi) is 3.93. The van der Waals surface area contributed by atoms with E-state index in [9.17, 15) is 0 Å². The van der Waals surface area contributed by atoms with Gasteiger partial charge in [0.15, 0.2) is 0 Å². The standard InChI is InChI=1S/C12H16N4S/c1-3-13-10-5-4-6-11(16-10)14-7-12-15-9(2)8-17-12/h4-6,8H,3,7H2,1-2H3,(H2,13,14,16). The molecule has 0 radical (unpaired) electrons. The number of hydrogen-bond acceptors (Lipinski definition) is 5. The zero-order chi connectivity index (χ0) is 12.1. The van der Waals surface area contributed by atoms with Crippen molar-refractivity contribution in [3.05, 3.63) is 34.3 Å². The molecule has 0 atom stereocenters. The minimum atomic E-state index is 0.723. The van der Waals surface area contributed by atoms with Gasteiger partial charge in [-0.05, 0) is 26.0 Å². The summed E-state index contributed by atoms with van der Waals surface area (Å²) < 4.78 is 0. The highest BCUT2D eigenvalue weighted by atomic mass is 32.1. The zero-order valence-corrected chi connectivity index (χ0v) is 10.8. The highest BCUT2D eigenvalue weighted by Gasteiger charge is 2.00. The Morgan fingerprint density at radius 3 is 2.59 bits per heavy atom. The highest BCUT2D eigenvalue weighted by molar-refractivity contribution is 7.09. The van der Waals surface area contributed by atoms with Crippen LogP contribution in [0.2, 0.25) is 0 Å². The lowest BCUT2D eigenvalue weighted by Gasteiger charge is -2.06. The van der Waals surface area contributed by atoms with Crippen molar-refractivity contribution in [2.45, 2.75) is 20.4 Å². The third-order valence-electron chi connectivity index (χ3n) is 2.19. The van der Waals surface area contributed by atoms with Crippen LogP contribution in [0.25, 0.3) is 0 Å². The SMILES string of the molecule is CCNc1cccc(NCc2nc(C)cs2)n1. The summed E-state index contributed by atoms with van der Waals surface area (Å²) in [5.41, 5.74) is 1.07. The summed E-state index contributed by atoms with van der Waals surface area (Å²) in [5.74, 6) is 1.77. The van der Waals surface area contributed by atoms with Gasteiger partial charge in [-0.15, -0.1) is 11.3 Å². The van der Waals surface area contributed by atoms with Gasteiger partial charge in [0.05, 0.1) is 6.54 Å². The average Bonchev–Trinajstić information content (AvgIpc) is 2.74. The minimum Gasteiger partial charge on any atom is -0.370 e. The lowest BCUT2D eigenvalue weighted by atomic mass is 10.4. The number of anilines is 2. The van der Waals surface area contributed by atoms with Crippen LogP contribution in [0.15, 0.2) is 23.6 Å². The monoisotopic (exact) mass is 248 g/mol. The summed E-state index contributed by atoms with van der Waals surface area (Å²) in [7, 11) is 0. The van der Waals surface area contributed by atoms with E-state index < -0.39 is 0 Å². The molecule has 5 heteroatoms. The fraction of sp³-hybridized carbons (Fsp3) is 0.333. The van der Waals surface area contributed by atoms with E-state index in [1.165, 1.54) is 0 Å². The highest BCUT2D eigenvalue weighted by Crippen LogP contribution is 2.13.